The number of pyridine rings is 2. The van der Waals surface area contributed by atoms with Crippen molar-refractivity contribution in [1.29, 1.82) is 5.26 Å². The van der Waals surface area contributed by atoms with Crippen LogP contribution in [-0.2, 0) is 0 Å². The van der Waals surface area contributed by atoms with E-state index in [9.17, 15) is 4.79 Å². The van der Waals surface area contributed by atoms with Crippen molar-refractivity contribution in [2.45, 2.75) is 6.42 Å². The van der Waals surface area contributed by atoms with Crippen molar-refractivity contribution < 1.29 is 9.53 Å². The molecule has 25 heavy (non-hydrogen) atoms. The highest BCUT2D eigenvalue weighted by atomic mass is 16.5. The van der Waals surface area contributed by atoms with Gasteiger partial charge < -0.3 is 14.5 Å². The lowest BCUT2D eigenvalue weighted by Gasteiger charge is -2.23. The van der Waals surface area contributed by atoms with Gasteiger partial charge >= 0.3 is 0 Å². The Labute approximate surface area is 146 Å². The predicted molar refractivity (Wildman–Crippen MR) is 92.5 cm³/mol. The molecule has 1 amide bonds. The van der Waals surface area contributed by atoms with E-state index in [1.165, 1.54) is 0 Å². The SMILES string of the molecule is COc1ccc(C(=O)N2CCCN(c3cccc(C#N)n3)CC2)cn1. The minimum Gasteiger partial charge on any atom is -0.481 e. The molecule has 1 aliphatic rings. The molecule has 0 aliphatic carbocycles. The molecule has 7 nitrogen and oxygen atoms in total. The number of aromatic nitrogens is 2. The van der Waals surface area contributed by atoms with E-state index in [0.717, 1.165) is 18.8 Å². The van der Waals surface area contributed by atoms with Gasteiger partial charge in [-0.1, -0.05) is 6.07 Å². The van der Waals surface area contributed by atoms with Crippen LogP contribution >= 0.6 is 0 Å². The molecule has 1 saturated heterocycles. The Morgan fingerprint density at radius 3 is 2.80 bits per heavy atom. The topological polar surface area (TPSA) is 82.4 Å². The van der Waals surface area contributed by atoms with Crippen LogP contribution in [0.15, 0.2) is 36.5 Å². The van der Waals surface area contributed by atoms with E-state index in [0.29, 0.717) is 36.8 Å². The summed E-state index contributed by atoms with van der Waals surface area (Å²) in [6.07, 6.45) is 2.38. The zero-order valence-electron chi connectivity index (χ0n) is 14.1. The first-order valence-corrected chi connectivity index (χ1v) is 8.12. The van der Waals surface area contributed by atoms with Crippen molar-refractivity contribution in [2.75, 3.05) is 38.2 Å². The molecule has 1 fully saturated rings. The van der Waals surface area contributed by atoms with E-state index in [4.69, 9.17) is 10.00 Å². The Morgan fingerprint density at radius 1 is 1.20 bits per heavy atom. The van der Waals surface area contributed by atoms with Gasteiger partial charge in [0.05, 0.1) is 12.7 Å². The third-order valence-corrected chi connectivity index (χ3v) is 4.15. The van der Waals surface area contributed by atoms with Gasteiger partial charge in [0.15, 0.2) is 0 Å². The molecule has 0 atom stereocenters. The summed E-state index contributed by atoms with van der Waals surface area (Å²) in [5, 5.41) is 9.00. The van der Waals surface area contributed by atoms with Crippen molar-refractivity contribution in [3.63, 3.8) is 0 Å². The normalized spacial score (nSPS) is 14.6. The second-order valence-electron chi connectivity index (χ2n) is 5.71. The van der Waals surface area contributed by atoms with Crippen molar-refractivity contribution in [2.24, 2.45) is 0 Å². The van der Waals surface area contributed by atoms with Gasteiger partial charge in [-0.05, 0) is 24.6 Å². The summed E-state index contributed by atoms with van der Waals surface area (Å²) in [6, 6.07) is 10.9. The minimum absolute atomic E-state index is 0.0317. The van der Waals surface area contributed by atoms with Gasteiger partial charge in [-0.3, -0.25) is 4.79 Å². The Bertz CT molecular complexity index is 785. The summed E-state index contributed by atoms with van der Waals surface area (Å²) >= 11 is 0. The number of methoxy groups -OCH3 is 1. The summed E-state index contributed by atoms with van der Waals surface area (Å²) in [4.78, 5) is 25.0. The van der Waals surface area contributed by atoms with Gasteiger partial charge in [0.1, 0.15) is 17.6 Å². The van der Waals surface area contributed by atoms with Gasteiger partial charge in [-0.15, -0.1) is 0 Å². The number of anilines is 1. The molecule has 0 aromatic carbocycles. The van der Waals surface area contributed by atoms with Crippen LogP contribution in [0.1, 0.15) is 22.5 Å². The zero-order chi connectivity index (χ0) is 17.6. The van der Waals surface area contributed by atoms with E-state index in [-0.39, 0.29) is 5.91 Å². The van der Waals surface area contributed by atoms with Gasteiger partial charge in [-0.25, -0.2) is 9.97 Å². The molecule has 0 N–H and O–H groups in total. The second-order valence-corrected chi connectivity index (χ2v) is 5.71. The Hall–Kier alpha value is -3.14. The van der Waals surface area contributed by atoms with E-state index in [1.54, 1.807) is 31.5 Å². The summed E-state index contributed by atoms with van der Waals surface area (Å²) in [5.41, 5.74) is 0.956. The van der Waals surface area contributed by atoms with Crippen LogP contribution < -0.4 is 9.64 Å². The van der Waals surface area contributed by atoms with Gasteiger partial charge in [-0.2, -0.15) is 5.26 Å². The average molecular weight is 337 g/mol. The first-order chi connectivity index (χ1) is 12.2. The number of amides is 1. The number of hydrogen-bond acceptors (Lipinski definition) is 6. The number of carbonyl (C=O) groups is 1. The fraction of sp³-hybridized carbons (Fsp3) is 0.333. The third-order valence-electron chi connectivity index (χ3n) is 4.15. The Kier molecular flexibility index (Phi) is 5.09. The quantitative estimate of drug-likeness (QED) is 0.848. The van der Waals surface area contributed by atoms with Crippen LogP contribution in [0.5, 0.6) is 5.88 Å². The molecule has 0 saturated carbocycles. The first kappa shape index (κ1) is 16.7. The lowest BCUT2D eigenvalue weighted by Crippen LogP contribution is -2.35. The number of ether oxygens (including phenoxy) is 1. The molecule has 2 aromatic heterocycles. The molecule has 1 aliphatic heterocycles. The minimum atomic E-state index is -0.0317. The van der Waals surface area contributed by atoms with Crippen molar-refractivity contribution in [3.8, 4) is 11.9 Å². The number of nitrogens with zero attached hydrogens (tertiary/aromatic N) is 5. The number of hydrogen-bond donors (Lipinski definition) is 0. The van der Waals surface area contributed by atoms with E-state index in [2.05, 4.69) is 20.9 Å². The van der Waals surface area contributed by atoms with Crippen LogP contribution in [0.3, 0.4) is 0 Å². The molecule has 2 aromatic rings. The highest BCUT2D eigenvalue weighted by molar-refractivity contribution is 5.94. The van der Waals surface area contributed by atoms with Crippen molar-refractivity contribution >= 4 is 11.7 Å². The smallest absolute Gasteiger partial charge is 0.255 e. The predicted octanol–water partition coefficient (Wildman–Crippen LogP) is 1.71. The largest absolute Gasteiger partial charge is 0.481 e. The fourth-order valence-electron chi connectivity index (χ4n) is 2.82. The molecular formula is C18H19N5O2. The summed E-state index contributed by atoms with van der Waals surface area (Å²) in [6.45, 7) is 2.76. The van der Waals surface area contributed by atoms with Crippen molar-refractivity contribution in [3.05, 3.63) is 47.8 Å². The maximum absolute atomic E-state index is 12.7. The van der Waals surface area contributed by atoms with E-state index >= 15 is 0 Å². The van der Waals surface area contributed by atoms with E-state index < -0.39 is 0 Å². The highest BCUT2D eigenvalue weighted by Crippen LogP contribution is 2.16. The maximum Gasteiger partial charge on any atom is 0.255 e. The highest BCUT2D eigenvalue weighted by Gasteiger charge is 2.21. The van der Waals surface area contributed by atoms with Gasteiger partial charge in [0.2, 0.25) is 5.88 Å². The molecule has 0 unspecified atom stereocenters. The zero-order valence-corrected chi connectivity index (χ0v) is 14.1. The lowest BCUT2D eigenvalue weighted by atomic mass is 10.2. The molecule has 128 valence electrons. The summed E-state index contributed by atoms with van der Waals surface area (Å²) < 4.78 is 5.02. The third kappa shape index (κ3) is 3.86. The van der Waals surface area contributed by atoms with Crippen LogP contribution in [0.2, 0.25) is 0 Å². The molecule has 0 bridgehead atoms. The molecule has 3 rings (SSSR count). The van der Waals surface area contributed by atoms with E-state index in [1.807, 2.05) is 17.0 Å². The second kappa shape index (κ2) is 7.62. The molecule has 7 heteroatoms. The Balaban J connectivity index is 1.68. The molecule has 0 spiro atoms. The van der Waals surface area contributed by atoms with Crippen LogP contribution in [-0.4, -0.2) is 54.1 Å². The summed E-state index contributed by atoms with van der Waals surface area (Å²) in [7, 11) is 1.54. The number of rotatable bonds is 3. The van der Waals surface area contributed by atoms with Crippen LogP contribution in [0.25, 0.3) is 0 Å². The average Bonchev–Trinajstić information content (AvgIpc) is 2.94. The lowest BCUT2D eigenvalue weighted by molar-refractivity contribution is 0.0766. The first-order valence-electron chi connectivity index (χ1n) is 8.12. The monoisotopic (exact) mass is 337 g/mol. The number of nitriles is 1. The summed E-state index contributed by atoms with van der Waals surface area (Å²) in [5.74, 6) is 1.23. The molecule has 0 radical (unpaired) electrons. The van der Waals surface area contributed by atoms with Crippen molar-refractivity contribution in [1.82, 2.24) is 14.9 Å². The number of carbonyl (C=O) groups excluding carboxylic acids is 1. The van der Waals surface area contributed by atoms with Gasteiger partial charge in [0, 0.05) is 38.4 Å². The van der Waals surface area contributed by atoms with Crippen LogP contribution in [0.4, 0.5) is 5.82 Å². The standard InChI is InChI=1S/C18H19N5O2/c1-25-17-7-6-14(13-20-17)18(24)23-9-3-8-22(10-11-23)16-5-2-4-15(12-19)21-16/h2,4-7,13H,3,8-11H2,1H3. The van der Waals surface area contributed by atoms with Gasteiger partial charge in [0.25, 0.3) is 5.91 Å². The van der Waals surface area contributed by atoms with Crippen LogP contribution in [0, 0.1) is 11.3 Å². The molecular weight excluding hydrogens is 318 g/mol. The fourth-order valence-corrected chi connectivity index (χ4v) is 2.82. The molecule has 3 heterocycles. The Morgan fingerprint density at radius 2 is 2.08 bits per heavy atom. The maximum atomic E-state index is 12.7.